The summed E-state index contributed by atoms with van der Waals surface area (Å²) in [5, 5.41) is 2.04. The molecule has 0 bridgehead atoms. The van der Waals surface area contributed by atoms with Crippen LogP contribution in [0.4, 0.5) is 23.2 Å². The lowest BCUT2D eigenvalue weighted by Gasteiger charge is -2.10. The minimum atomic E-state index is -4.62. The number of furan rings is 1. The first-order valence-electron chi connectivity index (χ1n) is 5.52. The fourth-order valence-corrected chi connectivity index (χ4v) is 1.54. The molecule has 0 atom stereocenters. The zero-order valence-electron chi connectivity index (χ0n) is 10.2. The van der Waals surface area contributed by atoms with Crippen LogP contribution in [-0.2, 0) is 6.18 Å². The molecule has 0 aliphatic rings. The molecule has 1 aromatic heterocycles. The molecule has 2 aromatic rings. The topological polar surface area (TPSA) is 42.2 Å². The van der Waals surface area contributed by atoms with Crippen LogP contribution in [0.25, 0.3) is 0 Å². The second kappa shape index (κ2) is 4.99. The van der Waals surface area contributed by atoms with Crippen molar-refractivity contribution >= 4 is 11.6 Å². The maximum absolute atomic E-state index is 13.4. The summed E-state index contributed by atoms with van der Waals surface area (Å²) in [7, 11) is 0. The third-order valence-corrected chi connectivity index (χ3v) is 2.51. The van der Waals surface area contributed by atoms with Crippen molar-refractivity contribution in [2.75, 3.05) is 5.32 Å². The molecule has 1 amide bonds. The molecule has 0 spiro atoms. The predicted molar refractivity (Wildman–Crippen MR) is 62.8 cm³/mol. The van der Waals surface area contributed by atoms with Gasteiger partial charge in [0.15, 0.2) is 5.76 Å². The van der Waals surface area contributed by atoms with Crippen LogP contribution >= 0.6 is 0 Å². The van der Waals surface area contributed by atoms with E-state index in [-0.39, 0.29) is 5.76 Å². The minimum absolute atomic E-state index is 0.112. The van der Waals surface area contributed by atoms with Crippen molar-refractivity contribution in [2.24, 2.45) is 0 Å². The summed E-state index contributed by atoms with van der Waals surface area (Å²) in [6.07, 6.45) is -4.62. The Bertz CT molecular complexity index is 646. The Balaban J connectivity index is 2.27. The summed E-state index contributed by atoms with van der Waals surface area (Å²) in [6.45, 7) is 1.60. The lowest BCUT2D eigenvalue weighted by Crippen LogP contribution is -2.14. The van der Waals surface area contributed by atoms with Crippen LogP contribution < -0.4 is 5.32 Å². The molecule has 1 aromatic carbocycles. The van der Waals surface area contributed by atoms with E-state index >= 15 is 0 Å². The monoisotopic (exact) mass is 287 g/mol. The van der Waals surface area contributed by atoms with E-state index < -0.39 is 29.2 Å². The van der Waals surface area contributed by atoms with Crippen molar-refractivity contribution in [3.63, 3.8) is 0 Å². The van der Waals surface area contributed by atoms with Crippen LogP contribution in [0, 0.1) is 12.7 Å². The summed E-state index contributed by atoms with van der Waals surface area (Å²) >= 11 is 0. The van der Waals surface area contributed by atoms with E-state index in [4.69, 9.17) is 4.42 Å². The van der Waals surface area contributed by atoms with Crippen molar-refractivity contribution in [3.05, 3.63) is 53.2 Å². The first kappa shape index (κ1) is 14.1. The number of nitrogens with one attached hydrogen (secondary N) is 1. The van der Waals surface area contributed by atoms with Crippen LogP contribution in [0.1, 0.15) is 21.9 Å². The highest BCUT2D eigenvalue weighted by atomic mass is 19.4. The number of alkyl halides is 3. The van der Waals surface area contributed by atoms with Gasteiger partial charge in [0.1, 0.15) is 11.6 Å². The van der Waals surface area contributed by atoms with Gasteiger partial charge in [-0.05, 0) is 37.3 Å². The molecule has 0 fully saturated rings. The van der Waals surface area contributed by atoms with Crippen molar-refractivity contribution in [3.8, 4) is 0 Å². The van der Waals surface area contributed by atoms with Crippen LogP contribution in [0.2, 0.25) is 0 Å². The first-order chi connectivity index (χ1) is 9.27. The average Bonchev–Trinajstić information content (AvgIpc) is 2.77. The lowest BCUT2D eigenvalue weighted by atomic mass is 10.2. The van der Waals surface area contributed by atoms with E-state index in [0.717, 1.165) is 0 Å². The number of amides is 1. The summed E-state index contributed by atoms with van der Waals surface area (Å²) in [4.78, 5) is 11.7. The van der Waals surface area contributed by atoms with Crippen molar-refractivity contribution < 1.29 is 26.8 Å². The molecule has 0 saturated carbocycles. The van der Waals surface area contributed by atoms with Crippen LogP contribution in [0.5, 0.6) is 0 Å². The number of carbonyl (C=O) groups is 1. The number of halogens is 4. The summed E-state index contributed by atoms with van der Waals surface area (Å²) in [5.41, 5.74) is -1.61. The molecule has 7 heteroatoms. The smallest absolute Gasteiger partial charge is 0.416 e. The van der Waals surface area contributed by atoms with Gasteiger partial charge < -0.3 is 9.73 Å². The zero-order chi connectivity index (χ0) is 14.9. The molecule has 0 aliphatic heterocycles. The molecule has 1 heterocycles. The molecule has 0 radical (unpaired) electrons. The summed E-state index contributed by atoms with van der Waals surface area (Å²) < 4.78 is 56.0. The molecule has 106 valence electrons. The number of hydrogen-bond acceptors (Lipinski definition) is 2. The van der Waals surface area contributed by atoms with E-state index in [2.05, 4.69) is 0 Å². The maximum Gasteiger partial charge on any atom is 0.416 e. The minimum Gasteiger partial charge on any atom is -0.456 e. The van der Waals surface area contributed by atoms with Crippen molar-refractivity contribution in [1.29, 1.82) is 0 Å². The highest BCUT2D eigenvalue weighted by Crippen LogP contribution is 2.31. The Morgan fingerprint density at radius 3 is 2.45 bits per heavy atom. The van der Waals surface area contributed by atoms with Gasteiger partial charge in [0.05, 0.1) is 11.3 Å². The second-order valence-corrected chi connectivity index (χ2v) is 4.06. The molecule has 0 unspecified atom stereocenters. The number of aryl methyl sites for hydroxylation is 1. The predicted octanol–water partition coefficient (Wildman–Crippen LogP) is 4.00. The van der Waals surface area contributed by atoms with Gasteiger partial charge >= 0.3 is 6.18 Å². The number of rotatable bonds is 2. The zero-order valence-corrected chi connectivity index (χ0v) is 10.2. The molecule has 0 saturated heterocycles. The Kier molecular flexibility index (Phi) is 3.52. The largest absolute Gasteiger partial charge is 0.456 e. The Morgan fingerprint density at radius 1 is 1.20 bits per heavy atom. The molecule has 3 nitrogen and oxygen atoms in total. The summed E-state index contributed by atoms with van der Waals surface area (Å²) in [6, 6.07) is 4.63. The molecular formula is C13H9F4NO2. The number of hydrogen-bond donors (Lipinski definition) is 1. The highest BCUT2D eigenvalue weighted by molar-refractivity contribution is 6.02. The third-order valence-electron chi connectivity index (χ3n) is 2.51. The third kappa shape index (κ3) is 2.98. The van der Waals surface area contributed by atoms with E-state index in [1.54, 1.807) is 6.92 Å². The molecule has 0 aliphatic carbocycles. The van der Waals surface area contributed by atoms with E-state index in [1.807, 2.05) is 5.32 Å². The second-order valence-electron chi connectivity index (χ2n) is 4.06. The fourth-order valence-electron chi connectivity index (χ4n) is 1.54. The van der Waals surface area contributed by atoms with Gasteiger partial charge in [-0.25, -0.2) is 4.39 Å². The Labute approximate surface area is 111 Å². The van der Waals surface area contributed by atoms with Gasteiger partial charge in [-0.1, -0.05) is 0 Å². The SMILES string of the molecule is Cc1ccc(C(=O)Nc2cc(C(F)(F)F)ccc2F)o1. The van der Waals surface area contributed by atoms with Crippen LogP contribution in [0.3, 0.4) is 0 Å². The Morgan fingerprint density at radius 2 is 1.90 bits per heavy atom. The molecule has 1 N–H and O–H groups in total. The average molecular weight is 287 g/mol. The quantitative estimate of drug-likeness (QED) is 0.848. The Hall–Kier alpha value is -2.31. The van der Waals surface area contributed by atoms with Gasteiger partial charge in [-0.2, -0.15) is 13.2 Å². The normalized spacial score (nSPS) is 11.4. The van der Waals surface area contributed by atoms with Crippen LogP contribution in [0.15, 0.2) is 34.7 Å². The maximum atomic E-state index is 13.4. The fraction of sp³-hybridized carbons (Fsp3) is 0.154. The first-order valence-corrected chi connectivity index (χ1v) is 5.52. The van der Waals surface area contributed by atoms with Gasteiger partial charge in [-0.3, -0.25) is 4.79 Å². The number of benzene rings is 1. The molecule has 20 heavy (non-hydrogen) atoms. The standard InChI is InChI=1S/C13H9F4NO2/c1-7-2-5-11(20-7)12(19)18-10-6-8(13(15,16)17)3-4-9(10)14/h2-6H,1H3,(H,18,19). The van der Waals surface area contributed by atoms with Gasteiger partial charge in [-0.15, -0.1) is 0 Å². The van der Waals surface area contributed by atoms with E-state index in [0.29, 0.717) is 24.0 Å². The van der Waals surface area contributed by atoms with Gasteiger partial charge in [0, 0.05) is 0 Å². The lowest BCUT2D eigenvalue weighted by molar-refractivity contribution is -0.137. The van der Waals surface area contributed by atoms with Gasteiger partial charge in [0.25, 0.3) is 5.91 Å². The van der Waals surface area contributed by atoms with E-state index in [1.165, 1.54) is 12.1 Å². The molecular weight excluding hydrogens is 278 g/mol. The number of carbonyl (C=O) groups excluding carboxylic acids is 1. The number of anilines is 1. The summed E-state index contributed by atoms with van der Waals surface area (Å²) in [5.74, 6) is -1.44. The van der Waals surface area contributed by atoms with Gasteiger partial charge in [0.2, 0.25) is 0 Å². The highest BCUT2D eigenvalue weighted by Gasteiger charge is 2.31. The van der Waals surface area contributed by atoms with E-state index in [9.17, 15) is 22.4 Å². The molecule has 2 rings (SSSR count). The van der Waals surface area contributed by atoms with Crippen molar-refractivity contribution in [1.82, 2.24) is 0 Å². The van der Waals surface area contributed by atoms with Crippen LogP contribution in [-0.4, -0.2) is 5.91 Å². The van der Waals surface area contributed by atoms with Crippen molar-refractivity contribution in [2.45, 2.75) is 13.1 Å².